The van der Waals surface area contributed by atoms with Crippen molar-refractivity contribution in [2.24, 2.45) is 0 Å². The van der Waals surface area contributed by atoms with Crippen LogP contribution in [0.3, 0.4) is 0 Å². The van der Waals surface area contributed by atoms with Crippen LogP contribution in [0, 0.1) is 5.82 Å². The summed E-state index contributed by atoms with van der Waals surface area (Å²) in [5, 5.41) is 11.5. The molecule has 0 amide bonds. The van der Waals surface area contributed by atoms with Gasteiger partial charge in [-0.05, 0) is 17.7 Å². The minimum atomic E-state index is -0.925. The van der Waals surface area contributed by atoms with Gasteiger partial charge in [-0.25, -0.2) is 9.37 Å². The van der Waals surface area contributed by atoms with E-state index in [1.807, 2.05) is 29.0 Å². The molecule has 4 aromatic rings. The van der Waals surface area contributed by atoms with Crippen LogP contribution in [0.25, 0.3) is 22.2 Å². The zero-order valence-corrected chi connectivity index (χ0v) is 13.3. The molecule has 2 aromatic heterocycles. The third kappa shape index (κ3) is 2.13. The van der Waals surface area contributed by atoms with Gasteiger partial charge in [0.05, 0.1) is 36.6 Å². The number of rotatable bonds is 3. The lowest BCUT2D eigenvalue weighted by Gasteiger charge is -2.19. The first-order valence-electron chi connectivity index (χ1n) is 8.18. The second-order valence-electron chi connectivity index (χ2n) is 6.37. The molecule has 1 N–H and O–H groups in total. The number of imidazole rings is 1. The molecule has 1 aliphatic heterocycles. The smallest absolute Gasteiger partial charge is 0.136 e. The van der Waals surface area contributed by atoms with E-state index in [4.69, 9.17) is 4.42 Å². The molecule has 4 nitrogen and oxygen atoms in total. The fourth-order valence-electron chi connectivity index (χ4n) is 3.77. The molecule has 0 radical (unpaired) electrons. The summed E-state index contributed by atoms with van der Waals surface area (Å²) in [6, 6.07) is 12.8. The van der Waals surface area contributed by atoms with E-state index in [0.29, 0.717) is 17.6 Å². The Morgan fingerprint density at radius 1 is 1.24 bits per heavy atom. The number of nitrogens with zero attached hydrogens (tertiary/aromatic N) is 2. The zero-order chi connectivity index (χ0) is 17.0. The molecule has 0 unspecified atom stereocenters. The Morgan fingerprint density at radius 3 is 3.04 bits per heavy atom. The highest BCUT2D eigenvalue weighted by molar-refractivity contribution is 5.78. The molecule has 0 spiro atoms. The summed E-state index contributed by atoms with van der Waals surface area (Å²) < 4.78 is 21.7. The van der Waals surface area contributed by atoms with Gasteiger partial charge in [0.1, 0.15) is 11.4 Å². The van der Waals surface area contributed by atoms with Crippen LogP contribution in [0.1, 0.15) is 29.7 Å². The molecular weight excluding hydrogens is 319 g/mol. The van der Waals surface area contributed by atoms with E-state index in [1.54, 1.807) is 18.5 Å². The number of aromatic nitrogens is 2. The monoisotopic (exact) mass is 334 g/mol. The molecule has 124 valence electrons. The SMILES string of the molecule is O[C@H](C[C@@H]1c2ccccc2-c2cncn21)c1cc2ccoc2cc1F. The maximum Gasteiger partial charge on any atom is 0.136 e. The van der Waals surface area contributed by atoms with Crippen molar-refractivity contribution >= 4 is 11.0 Å². The van der Waals surface area contributed by atoms with E-state index < -0.39 is 11.9 Å². The number of benzene rings is 2. The highest BCUT2D eigenvalue weighted by atomic mass is 19.1. The van der Waals surface area contributed by atoms with Crippen molar-refractivity contribution in [2.75, 3.05) is 0 Å². The largest absolute Gasteiger partial charge is 0.464 e. The van der Waals surface area contributed by atoms with E-state index in [0.717, 1.165) is 22.2 Å². The Bertz CT molecular complexity index is 1080. The molecule has 0 fully saturated rings. The standard InChI is InChI=1S/C20H15FN2O2/c21-16-8-20-12(5-6-25-20)7-15(16)19(24)9-17-13-3-1-2-4-14(13)18-10-22-11-23(17)18/h1-8,10-11,17,19,24H,9H2/t17-,19-/m1/s1. The third-order valence-electron chi connectivity index (χ3n) is 4.97. The van der Waals surface area contributed by atoms with Gasteiger partial charge in [0, 0.05) is 29.0 Å². The zero-order valence-electron chi connectivity index (χ0n) is 13.3. The van der Waals surface area contributed by atoms with E-state index in [9.17, 15) is 9.50 Å². The van der Waals surface area contributed by atoms with Gasteiger partial charge in [-0.2, -0.15) is 0 Å². The van der Waals surface area contributed by atoms with Crippen LogP contribution in [0.5, 0.6) is 0 Å². The maximum absolute atomic E-state index is 14.4. The molecule has 0 aliphatic carbocycles. The molecule has 0 bridgehead atoms. The molecule has 2 atom stereocenters. The number of hydrogen-bond acceptors (Lipinski definition) is 3. The molecule has 25 heavy (non-hydrogen) atoms. The first kappa shape index (κ1) is 14.4. The Balaban J connectivity index is 1.53. The molecule has 3 heterocycles. The van der Waals surface area contributed by atoms with Gasteiger partial charge in [-0.15, -0.1) is 0 Å². The van der Waals surface area contributed by atoms with Gasteiger partial charge in [0.25, 0.3) is 0 Å². The quantitative estimate of drug-likeness (QED) is 0.602. The second kappa shape index (κ2) is 5.29. The fraction of sp³-hybridized carbons (Fsp3) is 0.150. The van der Waals surface area contributed by atoms with Crippen LogP contribution in [-0.4, -0.2) is 14.7 Å². The summed E-state index contributed by atoms with van der Waals surface area (Å²) in [6.07, 6.45) is 4.56. The van der Waals surface area contributed by atoms with Gasteiger partial charge in [-0.1, -0.05) is 24.3 Å². The minimum Gasteiger partial charge on any atom is -0.464 e. The van der Waals surface area contributed by atoms with Crippen molar-refractivity contribution in [3.05, 3.63) is 78.2 Å². The number of halogens is 1. The van der Waals surface area contributed by atoms with Crippen LogP contribution in [0.15, 0.2) is 65.7 Å². The Hall–Kier alpha value is -2.92. The van der Waals surface area contributed by atoms with Crippen LogP contribution in [-0.2, 0) is 0 Å². The average molecular weight is 334 g/mol. The van der Waals surface area contributed by atoms with Gasteiger partial charge in [0.2, 0.25) is 0 Å². The maximum atomic E-state index is 14.4. The Morgan fingerprint density at radius 2 is 2.12 bits per heavy atom. The first-order valence-corrected chi connectivity index (χ1v) is 8.18. The van der Waals surface area contributed by atoms with Crippen molar-refractivity contribution in [3.63, 3.8) is 0 Å². The van der Waals surface area contributed by atoms with Gasteiger partial charge in [-0.3, -0.25) is 0 Å². The third-order valence-corrected chi connectivity index (χ3v) is 4.97. The molecule has 5 heteroatoms. The van der Waals surface area contributed by atoms with Gasteiger partial charge in [0.15, 0.2) is 0 Å². The minimum absolute atomic E-state index is 0.0665. The highest BCUT2D eigenvalue weighted by Gasteiger charge is 2.30. The van der Waals surface area contributed by atoms with Crippen LogP contribution >= 0.6 is 0 Å². The van der Waals surface area contributed by atoms with E-state index in [2.05, 4.69) is 11.1 Å². The summed E-state index contributed by atoms with van der Waals surface area (Å²) in [7, 11) is 0. The number of aliphatic hydroxyl groups is 1. The Labute approximate surface area is 143 Å². The topological polar surface area (TPSA) is 51.2 Å². The van der Waals surface area contributed by atoms with Crippen LogP contribution < -0.4 is 0 Å². The summed E-state index contributed by atoms with van der Waals surface area (Å²) in [5.74, 6) is -0.452. The predicted octanol–water partition coefficient (Wildman–Crippen LogP) is 4.46. The first-order chi connectivity index (χ1) is 12.2. The van der Waals surface area contributed by atoms with Crippen molar-refractivity contribution < 1.29 is 13.9 Å². The normalized spacial score (nSPS) is 16.8. The molecular formula is C20H15FN2O2. The predicted molar refractivity (Wildman–Crippen MR) is 91.6 cm³/mol. The molecule has 0 saturated heterocycles. The second-order valence-corrected chi connectivity index (χ2v) is 6.37. The van der Waals surface area contributed by atoms with Gasteiger partial charge >= 0.3 is 0 Å². The Kier molecular flexibility index (Phi) is 3.05. The molecule has 5 rings (SSSR count). The van der Waals surface area contributed by atoms with Crippen molar-refractivity contribution in [2.45, 2.75) is 18.6 Å². The molecule has 0 saturated carbocycles. The van der Waals surface area contributed by atoms with E-state index >= 15 is 0 Å². The fourth-order valence-corrected chi connectivity index (χ4v) is 3.77. The summed E-state index contributed by atoms with van der Waals surface area (Å²) in [5.41, 5.74) is 4.04. The lowest BCUT2D eigenvalue weighted by Crippen LogP contribution is -2.11. The number of aliphatic hydroxyl groups excluding tert-OH is 1. The summed E-state index contributed by atoms with van der Waals surface area (Å²) in [6.45, 7) is 0. The summed E-state index contributed by atoms with van der Waals surface area (Å²) >= 11 is 0. The van der Waals surface area contributed by atoms with E-state index in [1.165, 1.54) is 12.3 Å². The lowest BCUT2D eigenvalue weighted by atomic mass is 9.95. The van der Waals surface area contributed by atoms with Gasteiger partial charge < -0.3 is 14.1 Å². The number of furan rings is 1. The van der Waals surface area contributed by atoms with E-state index in [-0.39, 0.29) is 6.04 Å². The van der Waals surface area contributed by atoms with Crippen molar-refractivity contribution in [1.82, 2.24) is 9.55 Å². The number of fused-ring (bicyclic) bond motifs is 4. The van der Waals surface area contributed by atoms with Crippen molar-refractivity contribution in [1.29, 1.82) is 0 Å². The lowest BCUT2D eigenvalue weighted by molar-refractivity contribution is 0.149. The molecule has 2 aromatic carbocycles. The average Bonchev–Trinajstić information content (AvgIpc) is 3.31. The molecule has 1 aliphatic rings. The summed E-state index contributed by atoms with van der Waals surface area (Å²) in [4.78, 5) is 4.22. The van der Waals surface area contributed by atoms with Crippen LogP contribution in [0.4, 0.5) is 4.39 Å². The van der Waals surface area contributed by atoms with Crippen molar-refractivity contribution in [3.8, 4) is 11.3 Å². The number of hydrogen-bond donors (Lipinski definition) is 1. The van der Waals surface area contributed by atoms with Crippen LogP contribution in [0.2, 0.25) is 0 Å². The highest BCUT2D eigenvalue weighted by Crippen LogP contribution is 2.43.